The van der Waals surface area contributed by atoms with Crippen molar-refractivity contribution in [3.63, 3.8) is 0 Å². The molecule has 0 fully saturated rings. The first kappa shape index (κ1) is 46.6. The van der Waals surface area contributed by atoms with E-state index in [9.17, 15) is 4.79 Å². The zero-order valence-corrected chi connectivity index (χ0v) is 34.8. The van der Waals surface area contributed by atoms with Crippen LogP contribution in [-0.4, -0.2) is 19.1 Å². The first-order valence-electron chi connectivity index (χ1n) is 23.1. The third-order valence-corrected chi connectivity index (χ3v) is 11.0. The molecule has 3 nitrogen and oxygen atoms in total. The summed E-state index contributed by atoms with van der Waals surface area (Å²) >= 11 is 0. The van der Waals surface area contributed by atoms with E-state index in [1.807, 2.05) is 0 Å². The number of carbonyl (C=O) groups excluding carboxylic acids is 1. The Morgan fingerprint density at radius 1 is 0.396 bits per heavy atom. The fourth-order valence-electron chi connectivity index (χ4n) is 7.59. The van der Waals surface area contributed by atoms with Crippen LogP contribution in [0.4, 0.5) is 4.79 Å². The number of unbranched alkanes of at least 4 members (excludes halogenated alkanes) is 30. The molecule has 0 bridgehead atoms. The Kier molecular flexibility index (Phi) is 32.0. The predicted molar refractivity (Wildman–Crippen MR) is 235 cm³/mol. The Morgan fingerprint density at radius 2 is 0.679 bits per heavy atom. The molecule has 2 aromatic rings. The number of hydrogen-bond donors (Lipinski definition) is 2. The molecule has 3 heteroatoms. The van der Waals surface area contributed by atoms with Crippen LogP contribution in [0, 0.1) is 0 Å². The van der Waals surface area contributed by atoms with Crippen molar-refractivity contribution in [2.45, 2.75) is 212 Å². The number of rotatable bonds is 37. The number of urea groups is 1. The van der Waals surface area contributed by atoms with E-state index in [0.29, 0.717) is 0 Å². The molecule has 0 aliphatic heterocycles. The molecule has 0 aromatic heterocycles. The molecule has 53 heavy (non-hydrogen) atoms. The summed E-state index contributed by atoms with van der Waals surface area (Å²) in [6.07, 6.45) is 45.9. The first-order valence-corrected chi connectivity index (χ1v) is 23.1. The van der Waals surface area contributed by atoms with E-state index in [1.165, 1.54) is 203 Å². The number of allylic oxidation sites excluding steroid dienone is 1. The van der Waals surface area contributed by atoms with Crippen molar-refractivity contribution in [3.05, 3.63) is 77.9 Å². The van der Waals surface area contributed by atoms with Gasteiger partial charge in [-0.05, 0) is 42.4 Å². The lowest BCUT2D eigenvalue weighted by molar-refractivity contribution is 0.240. The highest BCUT2D eigenvalue weighted by Gasteiger charge is 2.04. The molecule has 0 saturated carbocycles. The summed E-state index contributed by atoms with van der Waals surface area (Å²) in [5, 5.41) is 6.10. The van der Waals surface area contributed by atoms with E-state index in [0.717, 1.165) is 32.4 Å². The Hall–Kier alpha value is -2.55. The van der Waals surface area contributed by atoms with Gasteiger partial charge in [-0.15, -0.1) is 0 Å². The van der Waals surface area contributed by atoms with Crippen molar-refractivity contribution >= 4 is 11.6 Å². The lowest BCUT2D eigenvalue weighted by Crippen LogP contribution is -2.36. The second kappa shape index (κ2) is 36.4. The highest BCUT2D eigenvalue weighted by Crippen LogP contribution is 2.24. The molecular weight excluding hydrogens is 645 g/mol. The molecule has 0 saturated heterocycles. The van der Waals surface area contributed by atoms with Crippen LogP contribution in [0.5, 0.6) is 0 Å². The van der Waals surface area contributed by atoms with E-state index < -0.39 is 0 Å². The van der Waals surface area contributed by atoms with E-state index >= 15 is 0 Å². The van der Waals surface area contributed by atoms with E-state index in [1.54, 1.807) is 0 Å². The monoisotopic (exact) mass is 729 g/mol. The molecule has 2 rings (SSSR count). The largest absolute Gasteiger partial charge is 0.338 e. The second-order valence-electron chi connectivity index (χ2n) is 15.9. The van der Waals surface area contributed by atoms with Crippen molar-refractivity contribution in [2.24, 2.45) is 0 Å². The summed E-state index contributed by atoms with van der Waals surface area (Å²) in [6.45, 7) is 3.92. The Balaban J connectivity index is 1.24. The van der Waals surface area contributed by atoms with Gasteiger partial charge in [0.25, 0.3) is 0 Å². The van der Waals surface area contributed by atoms with Gasteiger partial charge in [0.2, 0.25) is 0 Å². The minimum atomic E-state index is 0.0237. The molecule has 0 heterocycles. The smallest absolute Gasteiger partial charge is 0.314 e. The highest BCUT2D eigenvalue weighted by molar-refractivity contribution is 5.79. The molecule has 2 amide bonds. The molecule has 2 aromatic carbocycles. The fourth-order valence-corrected chi connectivity index (χ4v) is 7.59. The van der Waals surface area contributed by atoms with Crippen LogP contribution in [0.25, 0.3) is 5.57 Å². The van der Waals surface area contributed by atoms with E-state index in [2.05, 4.69) is 84.3 Å². The van der Waals surface area contributed by atoms with Gasteiger partial charge in [0, 0.05) is 13.1 Å². The number of nitrogens with one attached hydrogen (secondary N) is 2. The standard InChI is InChI=1S/C50H84N2O/c1-2-3-4-5-6-7-8-9-10-14-17-20-23-26-29-38-45-51-50(53)52-46-39-30-27-24-21-18-15-12-11-13-16-19-22-25-28-37-44-49(47-40-33-31-34-41-47)48-42-35-32-36-43-48/h31-36,40-44H,2-30,37-39,45-46H2,1H3,(H2,51,52,53). The van der Waals surface area contributed by atoms with Gasteiger partial charge in [-0.25, -0.2) is 4.79 Å². The molecule has 0 aliphatic carbocycles. The summed E-state index contributed by atoms with van der Waals surface area (Å²) in [4.78, 5) is 12.1. The highest BCUT2D eigenvalue weighted by atomic mass is 16.2. The maximum Gasteiger partial charge on any atom is 0.314 e. The van der Waals surface area contributed by atoms with Crippen molar-refractivity contribution in [3.8, 4) is 0 Å². The van der Waals surface area contributed by atoms with Crippen LogP contribution in [0.1, 0.15) is 224 Å². The topological polar surface area (TPSA) is 41.1 Å². The SMILES string of the molecule is CCCCCCCCCCCCCCCCCCNC(=O)NCCCCCCCCCCCCCCCCCC=C(c1ccccc1)c1ccccc1. The van der Waals surface area contributed by atoms with Gasteiger partial charge < -0.3 is 10.6 Å². The Morgan fingerprint density at radius 3 is 1.00 bits per heavy atom. The van der Waals surface area contributed by atoms with Crippen LogP contribution in [0.15, 0.2) is 66.7 Å². The van der Waals surface area contributed by atoms with Crippen molar-refractivity contribution in [1.82, 2.24) is 10.6 Å². The van der Waals surface area contributed by atoms with Gasteiger partial charge in [0.15, 0.2) is 0 Å². The minimum Gasteiger partial charge on any atom is -0.338 e. The Labute approximate surface area is 329 Å². The third-order valence-electron chi connectivity index (χ3n) is 11.0. The first-order chi connectivity index (χ1) is 26.3. The van der Waals surface area contributed by atoms with Crippen molar-refractivity contribution < 1.29 is 4.79 Å². The maximum atomic E-state index is 12.1. The number of hydrogen-bond acceptors (Lipinski definition) is 1. The molecule has 0 aliphatic rings. The number of carbonyl (C=O) groups is 1. The summed E-state index contributed by atoms with van der Waals surface area (Å²) in [5.74, 6) is 0. The van der Waals surface area contributed by atoms with Crippen LogP contribution >= 0.6 is 0 Å². The van der Waals surface area contributed by atoms with E-state index in [4.69, 9.17) is 0 Å². The quantitative estimate of drug-likeness (QED) is 0.0668. The summed E-state index contributed by atoms with van der Waals surface area (Å²) in [6, 6.07) is 21.7. The van der Waals surface area contributed by atoms with Gasteiger partial charge in [-0.2, -0.15) is 0 Å². The normalized spacial score (nSPS) is 11.1. The van der Waals surface area contributed by atoms with Crippen molar-refractivity contribution in [2.75, 3.05) is 13.1 Å². The zero-order valence-electron chi connectivity index (χ0n) is 34.8. The molecule has 0 unspecified atom stereocenters. The van der Waals surface area contributed by atoms with Gasteiger partial charge in [-0.3, -0.25) is 0 Å². The minimum absolute atomic E-state index is 0.0237. The average Bonchev–Trinajstić information content (AvgIpc) is 3.19. The molecule has 0 spiro atoms. The van der Waals surface area contributed by atoms with Crippen LogP contribution in [0.3, 0.4) is 0 Å². The third kappa shape index (κ3) is 28.5. The van der Waals surface area contributed by atoms with Gasteiger partial charge >= 0.3 is 6.03 Å². The van der Waals surface area contributed by atoms with Crippen molar-refractivity contribution in [1.29, 1.82) is 0 Å². The molecule has 2 N–H and O–H groups in total. The Bertz CT molecular complexity index is 1040. The summed E-state index contributed by atoms with van der Waals surface area (Å²) in [5.41, 5.74) is 4.01. The van der Waals surface area contributed by atoms with E-state index in [-0.39, 0.29) is 6.03 Å². The maximum absolute atomic E-state index is 12.1. The van der Waals surface area contributed by atoms with Crippen LogP contribution < -0.4 is 10.6 Å². The second-order valence-corrected chi connectivity index (χ2v) is 15.9. The zero-order chi connectivity index (χ0) is 37.5. The number of benzene rings is 2. The fraction of sp³-hybridized carbons (Fsp3) is 0.700. The summed E-state index contributed by atoms with van der Waals surface area (Å²) in [7, 11) is 0. The average molecular weight is 729 g/mol. The lowest BCUT2D eigenvalue weighted by atomic mass is 9.96. The molecule has 0 atom stereocenters. The van der Waals surface area contributed by atoms with Gasteiger partial charge in [0.1, 0.15) is 0 Å². The molecule has 300 valence electrons. The van der Waals surface area contributed by atoms with Crippen LogP contribution in [0.2, 0.25) is 0 Å². The molecular formula is C50H84N2O. The van der Waals surface area contributed by atoms with Gasteiger partial charge in [0.05, 0.1) is 0 Å². The lowest BCUT2D eigenvalue weighted by Gasteiger charge is -2.09. The van der Waals surface area contributed by atoms with Gasteiger partial charge in [-0.1, -0.05) is 253 Å². The number of amides is 2. The van der Waals surface area contributed by atoms with Crippen LogP contribution in [-0.2, 0) is 0 Å². The summed E-state index contributed by atoms with van der Waals surface area (Å²) < 4.78 is 0. The molecule has 0 radical (unpaired) electrons. The predicted octanol–water partition coefficient (Wildman–Crippen LogP) is 15.9.